The van der Waals surface area contributed by atoms with Crippen molar-refractivity contribution < 1.29 is 14.4 Å². The highest BCUT2D eigenvalue weighted by Gasteiger charge is 2.10. The van der Waals surface area contributed by atoms with Crippen LogP contribution in [0.1, 0.15) is 27.4 Å². The Balaban J connectivity index is 1.86. The molecule has 0 radical (unpaired) electrons. The number of aryl methyl sites for hydroxylation is 1. The average Bonchev–Trinajstić information content (AvgIpc) is 2.89. The first-order valence-electron chi connectivity index (χ1n) is 5.08. The van der Waals surface area contributed by atoms with E-state index in [0.717, 1.165) is 6.54 Å². The van der Waals surface area contributed by atoms with Crippen molar-refractivity contribution in [1.82, 2.24) is 10.5 Å². The summed E-state index contributed by atoms with van der Waals surface area (Å²) >= 11 is 1.67. The molecule has 0 aliphatic heterocycles. The van der Waals surface area contributed by atoms with Gasteiger partial charge in [0.15, 0.2) is 11.5 Å². The van der Waals surface area contributed by atoms with E-state index in [1.807, 2.05) is 0 Å². The van der Waals surface area contributed by atoms with Crippen LogP contribution in [-0.2, 0) is 13.1 Å². The summed E-state index contributed by atoms with van der Waals surface area (Å²) < 4.78 is 4.88. The lowest BCUT2D eigenvalue weighted by atomic mass is 10.2. The maximum atomic E-state index is 10.6. The molecule has 0 amide bonds. The minimum absolute atomic E-state index is 0.0616. The predicted molar refractivity (Wildman–Crippen MR) is 63.1 cm³/mol. The van der Waals surface area contributed by atoms with Crippen molar-refractivity contribution in [1.29, 1.82) is 0 Å². The van der Waals surface area contributed by atoms with E-state index in [1.54, 1.807) is 11.3 Å². The van der Waals surface area contributed by atoms with Crippen molar-refractivity contribution >= 4 is 17.3 Å². The highest BCUT2D eigenvalue weighted by molar-refractivity contribution is 7.08. The molecule has 0 spiro atoms. The summed E-state index contributed by atoms with van der Waals surface area (Å²) in [6.45, 7) is 3.26. The average molecular weight is 252 g/mol. The molecule has 0 saturated carbocycles. The first-order valence-corrected chi connectivity index (χ1v) is 6.02. The third-order valence-electron chi connectivity index (χ3n) is 2.35. The van der Waals surface area contributed by atoms with Crippen LogP contribution in [0.3, 0.4) is 0 Å². The number of carbonyl (C=O) groups is 1. The lowest BCUT2D eigenvalue weighted by molar-refractivity contribution is 0.0685. The number of aromatic nitrogens is 1. The second kappa shape index (κ2) is 5.11. The van der Waals surface area contributed by atoms with Gasteiger partial charge in [0.25, 0.3) is 0 Å². The highest BCUT2D eigenvalue weighted by atomic mass is 32.1. The van der Waals surface area contributed by atoms with Crippen LogP contribution >= 0.6 is 11.3 Å². The van der Waals surface area contributed by atoms with Gasteiger partial charge in [-0.1, -0.05) is 5.16 Å². The second-order valence-electron chi connectivity index (χ2n) is 3.67. The molecule has 2 aromatic heterocycles. The Morgan fingerprint density at radius 3 is 2.94 bits per heavy atom. The van der Waals surface area contributed by atoms with E-state index in [1.165, 1.54) is 17.2 Å². The van der Waals surface area contributed by atoms with Gasteiger partial charge in [-0.3, -0.25) is 0 Å². The Hall–Kier alpha value is -1.66. The van der Waals surface area contributed by atoms with Gasteiger partial charge in [-0.05, 0) is 28.8 Å². The quantitative estimate of drug-likeness (QED) is 0.851. The summed E-state index contributed by atoms with van der Waals surface area (Å²) in [4.78, 5) is 10.6. The minimum atomic E-state index is -1.08. The van der Waals surface area contributed by atoms with E-state index in [-0.39, 0.29) is 5.69 Å². The van der Waals surface area contributed by atoms with E-state index < -0.39 is 5.97 Å². The third kappa shape index (κ3) is 2.92. The lowest BCUT2D eigenvalue weighted by Gasteiger charge is -2.00. The highest BCUT2D eigenvalue weighted by Crippen LogP contribution is 2.13. The molecular weight excluding hydrogens is 240 g/mol. The molecule has 2 heterocycles. The van der Waals surface area contributed by atoms with Gasteiger partial charge in [-0.2, -0.15) is 11.3 Å². The van der Waals surface area contributed by atoms with Crippen molar-refractivity contribution in [2.75, 3.05) is 0 Å². The normalized spacial score (nSPS) is 10.6. The Morgan fingerprint density at radius 2 is 2.35 bits per heavy atom. The molecule has 6 heteroatoms. The van der Waals surface area contributed by atoms with Crippen LogP contribution < -0.4 is 5.32 Å². The van der Waals surface area contributed by atoms with Crippen LogP contribution in [0.15, 0.2) is 21.3 Å². The van der Waals surface area contributed by atoms with E-state index in [4.69, 9.17) is 9.63 Å². The van der Waals surface area contributed by atoms with Crippen molar-refractivity contribution in [2.24, 2.45) is 0 Å². The zero-order chi connectivity index (χ0) is 12.3. The number of nitrogens with zero attached hydrogens (tertiary/aromatic N) is 1. The van der Waals surface area contributed by atoms with Crippen LogP contribution in [0.25, 0.3) is 0 Å². The molecule has 2 aromatic rings. The first-order chi connectivity index (χ1) is 8.16. The molecule has 2 N–H and O–H groups in total. The maximum Gasteiger partial charge on any atom is 0.358 e. The van der Waals surface area contributed by atoms with Gasteiger partial charge in [0, 0.05) is 12.6 Å². The monoisotopic (exact) mass is 252 g/mol. The fourth-order valence-electron chi connectivity index (χ4n) is 1.39. The van der Waals surface area contributed by atoms with Gasteiger partial charge >= 0.3 is 5.97 Å². The summed E-state index contributed by atoms with van der Waals surface area (Å²) in [6, 6.07) is 1.43. The molecule has 0 bridgehead atoms. The largest absolute Gasteiger partial charge is 0.476 e. The molecule has 0 aliphatic rings. The third-order valence-corrected chi connectivity index (χ3v) is 3.26. The van der Waals surface area contributed by atoms with Gasteiger partial charge in [-0.25, -0.2) is 4.79 Å². The number of thiophene rings is 1. The maximum absolute atomic E-state index is 10.6. The van der Waals surface area contributed by atoms with E-state index >= 15 is 0 Å². The van der Waals surface area contributed by atoms with Crippen molar-refractivity contribution in [3.63, 3.8) is 0 Å². The van der Waals surface area contributed by atoms with Gasteiger partial charge < -0.3 is 14.9 Å². The minimum Gasteiger partial charge on any atom is -0.476 e. The fourth-order valence-corrected chi connectivity index (χ4v) is 2.24. The molecular formula is C11H12N2O3S. The first kappa shape index (κ1) is 11.8. The van der Waals surface area contributed by atoms with Crippen molar-refractivity contribution in [3.05, 3.63) is 39.4 Å². The molecule has 0 unspecified atom stereocenters. The molecule has 2 rings (SSSR count). The summed E-state index contributed by atoms with van der Waals surface area (Å²) in [5.74, 6) is -0.552. The summed E-state index contributed by atoms with van der Waals surface area (Å²) in [7, 11) is 0. The predicted octanol–water partition coefficient (Wildman–Crippen LogP) is 2.03. The van der Waals surface area contributed by atoms with Crippen molar-refractivity contribution in [2.45, 2.75) is 20.0 Å². The van der Waals surface area contributed by atoms with Gasteiger partial charge in [0.1, 0.15) is 0 Å². The fraction of sp³-hybridized carbons (Fsp3) is 0.273. The SMILES string of the molecule is Cc1cscc1CNCc1cc(C(=O)O)no1. The zero-order valence-corrected chi connectivity index (χ0v) is 10.1. The molecule has 0 atom stereocenters. The van der Waals surface area contributed by atoms with Gasteiger partial charge in [-0.15, -0.1) is 0 Å². The number of nitrogens with one attached hydrogen (secondary N) is 1. The zero-order valence-electron chi connectivity index (χ0n) is 9.27. The molecule has 0 aliphatic carbocycles. The second-order valence-corrected chi connectivity index (χ2v) is 4.41. The standard InChI is InChI=1S/C11H12N2O3S/c1-7-5-17-6-8(7)3-12-4-9-2-10(11(14)15)13-16-9/h2,5-6,12H,3-4H2,1H3,(H,14,15). The number of hydrogen-bond acceptors (Lipinski definition) is 5. The van der Waals surface area contributed by atoms with Crippen LogP contribution in [0, 0.1) is 6.92 Å². The summed E-state index contributed by atoms with van der Waals surface area (Å²) in [5.41, 5.74) is 2.44. The molecule has 90 valence electrons. The topological polar surface area (TPSA) is 75.4 Å². The molecule has 0 saturated heterocycles. The molecule has 5 nitrogen and oxygen atoms in total. The van der Waals surface area contributed by atoms with E-state index in [9.17, 15) is 4.79 Å². The van der Waals surface area contributed by atoms with E-state index in [0.29, 0.717) is 12.3 Å². The lowest BCUT2D eigenvalue weighted by Crippen LogP contribution is -2.12. The molecule has 0 fully saturated rings. The summed E-state index contributed by atoms with van der Waals surface area (Å²) in [5, 5.41) is 19.5. The van der Waals surface area contributed by atoms with E-state index in [2.05, 4.69) is 28.2 Å². The number of carboxylic acids is 1. The Bertz CT molecular complexity index is 518. The molecule has 17 heavy (non-hydrogen) atoms. The number of carboxylic acid groups (broad SMARTS) is 1. The smallest absolute Gasteiger partial charge is 0.358 e. The summed E-state index contributed by atoms with van der Waals surface area (Å²) in [6.07, 6.45) is 0. The van der Waals surface area contributed by atoms with Crippen LogP contribution in [0.4, 0.5) is 0 Å². The molecule has 0 aromatic carbocycles. The van der Waals surface area contributed by atoms with Crippen molar-refractivity contribution in [3.8, 4) is 0 Å². The van der Waals surface area contributed by atoms with Gasteiger partial charge in [0.2, 0.25) is 0 Å². The Morgan fingerprint density at radius 1 is 1.53 bits per heavy atom. The Labute approximate surface area is 102 Å². The van der Waals surface area contributed by atoms with Crippen LogP contribution in [0.5, 0.6) is 0 Å². The number of rotatable bonds is 5. The van der Waals surface area contributed by atoms with Crippen LogP contribution in [0.2, 0.25) is 0 Å². The van der Waals surface area contributed by atoms with Gasteiger partial charge in [0.05, 0.1) is 6.54 Å². The number of hydrogen-bond donors (Lipinski definition) is 2. The Kier molecular flexibility index (Phi) is 3.55. The number of aromatic carboxylic acids is 1. The van der Waals surface area contributed by atoms with Crippen LogP contribution in [-0.4, -0.2) is 16.2 Å².